The number of rotatable bonds is 5. The number of benzene rings is 1. The average Bonchev–Trinajstić information content (AvgIpc) is 2.46. The summed E-state index contributed by atoms with van der Waals surface area (Å²) in [6.45, 7) is 2.68. The lowest BCUT2D eigenvalue weighted by Gasteiger charge is -2.05. The molecule has 1 heterocycles. The largest absolute Gasteiger partial charge is 0.352 e. The van der Waals surface area contributed by atoms with Crippen LogP contribution in [0.5, 0.6) is 0 Å². The number of hydrogen-bond acceptors (Lipinski definition) is 3. The number of aryl methyl sites for hydroxylation is 1. The smallest absolute Gasteiger partial charge is 0.254 e. The van der Waals surface area contributed by atoms with Gasteiger partial charge in [0.25, 0.3) is 5.91 Å². The number of aromatic nitrogens is 1. The number of H-pyrrole nitrogens is 1. The number of hydrogen-bond donors (Lipinski definition) is 2. The summed E-state index contributed by atoms with van der Waals surface area (Å²) in [5, 5.41) is 2.87. The van der Waals surface area contributed by atoms with Gasteiger partial charge in [-0.2, -0.15) is 0 Å². The molecule has 0 aliphatic heterocycles. The number of aromatic amines is 1. The van der Waals surface area contributed by atoms with Gasteiger partial charge >= 0.3 is 0 Å². The van der Waals surface area contributed by atoms with Crippen molar-refractivity contribution in [2.45, 2.75) is 11.8 Å². The van der Waals surface area contributed by atoms with Crippen molar-refractivity contribution in [3.63, 3.8) is 0 Å². The van der Waals surface area contributed by atoms with Crippen molar-refractivity contribution in [2.75, 3.05) is 12.3 Å². The molecular formula is C15H16N2OS2. The van der Waals surface area contributed by atoms with Crippen LogP contribution in [0.2, 0.25) is 0 Å². The van der Waals surface area contributed by atoms with Crippen LogP contribution in [0.3, 0.4) is 0 Å². The lowest BCUT2D eigenvalue weighted by Crippen LogP contribution is -2.26. The fraction of sp³-hybridized carbons (Fsp3) is 0.200. The molecule has 0 aliphatic rings. The maximum absolute atomic E-state index is 11.9. The molecular weight excluding hydrogens is 288 g/mol. The van der Waals surface area contributed by atoms with E-state index in [0.29, 0.717) is 16.7 Å². The highest BCUT2D eigenvalue weighted by molar-refractivity contribution is 7.99. The van der Waals surface area contributed by atoms with E-state index in [1.54, 1.807) is 30.1 Å². The molecule has 1 aromatic carbocycles. The van der Waals surface area contributed by atoms with Crippen molar-refractivity contribution >= 4 is 29.9 Å². The quantitative estimate of drug-likeness (QED) is 0.504. The van der Waals surface area contributed by atoms with Gasteiger partial charge in [0.15, 0.2) is 0 Å². The predicted molar refractivity (Wildman–Crippen MR) is 85.9 cm³/mol. The van der Waals surface area contributed by atoms with Crippen LogP contribution in [0.4, 0.5) is 0 Å². The van der Waals surface area contributed by atoms with Gasteiger partial charge in [-0.3, -0.25) is 4.79 Å². The molecule has 104 valence electrons. The van der Waals surface area contributed by atoms with E-state index in [2.05, 4.69) is 41.5 Å². The molecule has 0 saturated carbocycles. The zero-order valence-electron chi connectivity index (χ0n) is 11.2. The Morgan fingerprint density at radius 1 is 1.30 bits per heavy atom. The first-order valence-electron chi connectivity index (χ1n) is 6.32. The third-order valence-corrected chi connectivity index (χ3v) is 4.09. The summed E-state index contributed by atoms with van der Waals surface area (Å²) in [6.07, 6.45) is 1.71. The summed E-state index contributed by atoms with van der Waals surface area (Å²) < 4.78 is 0.469. The van der Waals surface area contributed by atoms with Crippen molar-refractivity contribution in [2.24, 2.45) is 0 Å². The van der Waals surface area contributed by atoms with Gasteiger partial charge in [0.05, 0.1) is 5.56 Å². The van der Waals surface area contributed by atoms with Crippen LogP contribution in [0.25, 0.3) is 0 Å². The molecule has 0 spiro atoms. The van der Waals surface area contributed by atoms with Gasteiger partial charge in [-0.1, -0.05) is 29.9 Å². The van der Waals surface area contributed by atoms with Crippen molar-refractivity contribution in [1.82, 2.24) is 10.3 Å². The van der Waals surface area contributed by atoms with E-state index in [4.69, 9.17) is 12.2 Å². The molecule has 2 aromatic rings. The van der Waals surface area contributed by atoms with E-state index < -0.39 is 0 Å². The van der Waals surface area contributed by atoms with Crippen molar-refractivity contribution in [3.8, 4) is 0 Å². The molecule has 0 unspecified atom stereocenters. The summed E-state index contributed by atoms with van der Waals surface area (Å²) in [5.41, 5.74) is 1.77. The predicted octanol–water partition coefficient (Wildman–Crippen LogP) is 3.57. The summed E-state index contributed by atoms with van der Waals surface area (Å²) in [4.78, 5) is 16.0. The molecule has 1 amide bonds. The average molecular weight is 304 g/mol. The highest BCUT2D eigenvalue weighted by Gasteiger charge is 2.06. The Kier molecular flexibility index (Phi) is 5.38. The van der Waals surface area contributed by atoms with Crippen LogP contribution in [-0.4, -0.2) is 23.2 Å². The molecule has 3 nitrogen and oxygen atoms in total. The number of pyridine rings is 1. The SMILES string of the molecule is Cc1ccc(SCCNC(=O)c2ccc[nH]c2=S)cc1. The Bertz CT molecular complexity index is 635. The van der Waals surface area contributed by atoms with Crippen molar-refractivity contribution < 1.29 is 4.79 Å². The molecule has 5 heteroatoms. The minimum absolute atomic E-state index is 0.128. The highest BCUT2D eigenvalue weighted by Crippen LogP contribution is 2.17. The van der Waals surface area contributed by atoms with E-state index in [1.165, 1.54) is 10.5 Å². The molecule has 0 atom stereocenters. The van der Waals surface area contributed by atoms with Gasteiger partial charge in [0, 0.05) is 23.4 Å². The minimum atomic E-state index is -0.128. The fourth-order valence-corrected chi connectivity index (χ4v) is 2.66. The van der Waals surface area contributed by atoms with Gasteiger partial charge < -0.3 is 10.3 Å². The lowest BCUT2D eigenvalue weighted by atomic mass is 10.2. The summed E-state index contributed by atoms with van der Waals surface area (Å²) in [6, 6.07) is 11.9. The zero-order valence-corrected chi connectivity index (χ0v) is 12.8. The summed E-state index contributed by atoms with van der Waals surface area (Å²) >= 11 is 6.80. The van der Waals surface area contributed by atoms with Crippen molar-refractivity contribution in [3.05, 3.63) is 58.4 Å². The zero-order chi connectivity index (χ0) is 14.4. The summed E-state index contributed by atoms with van der Waals surface area (Å²) in [7, 11) is 0. The van der Waals surface area contributed by atoms with Gasteiger partial charge in [0.1, 0.15) is 4.64 Å². The van der Waals surface area contributed by atoms with E-state index in [9.17, 15) is 4.79 Å². The molecule has 0 aliphatic carbocycles. The van der Waals surface area contributed by atoms with Gasteiger partial charge in [-0.15, -0.1) is 11.8 Å². The first-order chi connectivity index (χ1) is 9.66. The highest BCUT2D eigenvalue weighted by atomic mass is 32.2. The third kappa shape index (κ3) is 4.21. The number of thioether (sulfide) groups is 1. The molecule has 0 saturated heterocycles. The Labute approximate surface area is 127 Å². The Morgan fingerprint density at radius 2 is 2.05 bits per heavy atom. The summed E-state index contributed by atoms with van der Waals surface area (Å²) in [5.74, 6) is 0.703. The van der Waals surface area contributed by atoms with Crippen molar-refractivity contribution in [1.29, 1.82) is 0 Å². The topological polar surface area (TPSA) is 44.9 Å². The first kappa shape index (κ1) is 14.8. The van der Waals surface area contributed by atoms with Gasteiger partial charge in [-0.05, 0) is 31.2 Å². The second-order valence-corrected chi connectivity index (χ2v) is 5.91. The molecule has 2 rings (SSSR count). The second-order valence-electron chi connectivity index (χ2n) is 4.33. The number of carbonyl (C=O) groups excluding carboxylic acids is 1. The second kappa shape index (κ2) is 7.26. The number of amides is 1. The fourth-order valence-electron chi connectivity index (χ4n) is 1.66. The van der Waals surface area contributed by atoms with Crippen LogP contribution < -0.4 is 5.32 Å². The minimum Gasteiger partial charge on any atom is -0.352 e. The maximum Gasteiger partial charge on any atom is 0.254 e. The molecule has 0 bridgehead atoms. The molecule has 0 radical (unpaired) electrons. The monoisotopic (exact) mass is 304 g/mol. The van der Waals surface area contributed by atoms with Gasteiger partial charge in [0.2, 0.25) is 0 Å². The Hall–Kier alpha value is -1.59. The Morgan fingerprint density at radius 3 is 2.75 bits per heavy atom. The number of carbonyl (C=O) groups is 1. The normalized spacial score (nSPS) is 10.2. The molecule has 0 fully saturated rings. The standard InChI is InChI=1S/C15H16N2OS2/c1-11-4-6-12(7-5-11)20-10-9-16-14(18)13-3-2-8-17-15(13)19/h2-8H,9-10H2,1H3,(H,16,18)(H,17,19). The van der Waals surface area contributed by atoms with E-state index >= 15 is 0 Å². The molecule has 2 N–H and O–H groups in total. The van der Waals surface area contributed by atoms with E-state index in [0.717, 1.165) is 5.75 Å². The van der Waals surface area contributed by atoms with E-state index in [-0.39, 0.29) is 5.91 Å². The van der Waals surface area contributed by atoms with Crippen LogP contribution in [0, 0.1) is 11.6 Å². The third-order valence-electron chi connectivity index (χ3n) is 2.74. The van der Waals surface area contributed by atoms with Crippen LogP contribution in [-0.2, 0) is 0 Å². The lowest BCUT2D eigenvalue weighted by molar-refractivity contribution is 0.0955. The molecule has 1 aromatic heterocycles. The van der Waals surface area contributed by atoms with Gasteiger partial charge in [-0.25, -0.2) is 0 Å². The first-order valence-corrected chi connectivity index (χ1v) is 7.71. The molecule has 20 heavy (non-hydrogen) atoms. The maximum atomic E-state index is 11.9. The van der Waals surface area contributed by atoms with Crippen LogP contribution in [0.15, 0.2) is 47.5 Å². The number of nitrogens with one attached hydrogen (secondary N) is 2. The van der Waals surface area contributed by atoms with Crippen LogP contribution >= 0.6 is 24.0 Å². The van der Waals surface area contributed by atoms with E-state index in [1.807, 2.05) is 0 Å². The van der Waals surface area contributed by atoms with Crippen LogP contribution in [0.1, 0.15) is 15.9 Å². The Balaban J connectivity index is 1.79.